The Labute approximate surface area is 236 Å². The van der Waals surface area contributed by atoms with Gasteiger partial charge in [0.25, 0.3) is 0 Å². The molecule has 3 unspecified atom stereocenters. The smallest absolute Gasteiger partial charge is 0.218 e. The lowest BCUT2D eigenvalue weighted by Crippen LogP contribution is -2.57. The third-order valence-electron chi connectivity index (χ3n) is 7.35. The molecule has 1 heterocycles. The van der Waals surface area contributed by atoms with Gasteiger partial charge in [-0.05, 0) is 62.1 Å². The standard InChI is InChI=1S/C29H39Cl2N5O2/c1-18-16-36(17-19(2)33-18)29(34-22-7-5-4-6-8-22)35-26-12-9-20(13-27(26)38-3)24(15-28(32)37)23-11-10-21(30)14-25(23)31/h9-14,18-19,22,24,33H,4-8,15-17H2,1-3H3,(H2,32,37)(H,34,35). The molecule has 7 nitrogen and oxygen atoms in total. The van der Waals surface area contributed by atoms with E-state index >= 15 is 0 Å². The first-order valence-electron chi connectivity index (χ1n) is 13.5. The van der Waals surface area contributed by atoms with Crippen LogP contribution in [-0.2, 0) is 4.79 Å². The summed E-state index contributed by atoms with van der Waals surface area (Å²) in [6.07, 6.45) is 6.09. The van der Waals surface area contributed by atoms with Crippen molar-refractivity contribution in [1.82, 2.24) is 10.2 Å². The van der Waals surface area contributed by atoms with Crippen LogP contribution in [0.25, 0.3) is 0 Å². The summed E-state index contributed by atoms with van der Waals surface area (Å²) in [5.41, 5.74) is 8.13. The van der Waals surface area contributed by atoms with Crippen molar-refractivity contribution < 1.29 is 9.53 Å². The molecule has 1 aliphatic heterocycles. The predicted octanol–water partition coefficient (Wildman–Crippen LogP) is 5.79. The Morgan fingerprint density at radius 2 is 1.84 bits per heavy atom. The number of nitrogens with one attached hydrogen (secondary N) is 2. The van der Waals surface area contributed by atoms with Crippen molar-refractivity contribution >= 4 is 40.8 Å². The number of ether oxygens (including phenoxy) is 1. The summed E-state index contributed by atoms with van der Waals surface area (Å²) in [4.78, 5) is 19.6. The zero-order chi connectivity index (χ0) is 27.2. The fraction of sp³-hybridized carbons (Fsp3) is 0.517. The molecule has 38 heavy (non-hydrogen) atoms. The Kier molecular flexibility index (Phi) is 9.80. The van der Waals surface area contributed by atoms with E-state index in [2.05, 4.69) is 29.4 Å². The van der Waals surface area contributed by atoms with E-state index in [1.807, 2.05) is 24.3 Å². The van der Waals surface area contributed by atoms with Crippen LogP contribution in [0.3, 0.4) is 0 Å². The van der Waals surface area contributed by atoms with Crippen molar-refractivity contribution in [2.75, 3.05) is 25.5 Å². The molecule has 0 aromatic heterocycles. The van der Waals surface area contributed by atoms with Crippen molar-refractivity contribution in [2.24, 2.45) is 10.7 Å². The Bertz CT molecular complexity index is 1140. The number of piperazine rings is 1. The maximum absolute atomic E-state index is 12.0. The third-order valence-corrected chi connectivity index (χ3v) is 7.92. The number of nitrogens with two attached hydrogens (primary N) is 1. The number of nitrogens with zero attached hydrogens (tertiary/aromatic N) is 2. The minimum Gasteiger partial charge on any atom is -0.495 e. The zero-order valence-corrected chi connectivity index (χ0v) is 24.0. The van der Waals surface area contributed by atoms with Gasteiger partial charge in [-0.1, -0.05) is 54.6 Å². The molecule has 2 fully saturated rings. The fourth-order valence-corrected chi connectivity index (χ4v) is 6.16. The first-order valence-corrected chi connectivity index (χ1v) is 14.3. The molecule has 206 valence electrons. The van der Waals surface area contributed by atoms with E-state index in [0.29, 0.717) is 33.9 Å². The average molecular weight is 561 g/mol. The molecular weight excluding hydrogens is 521 g/mol. The second-order valence-electron chi connectivity index (χ2n) is 10.6. The number of guanidine groups is 1. The quantitative estimate of drug-likeness (QED) is 0.295. The van der Waals surface area contributed by atoms with Crippen LogP contribution in [0, 0.1) is 0 Å². The van der Waals surface area contributed by atoms with Crippen molar-refractivity contribution in [3.63, 3.8) is 0 Å². The van der Waals surface area contributed by atoms with Gasteiger partial charge in [0, 0.05) is 47.6 Å². The molecule has 1 amide bonds. The molecule has 1 saturated heterocycles. The molecule has 0 bridgehead atoms. The molecule has 2 aromatic carbocycles. The number of carbonyl (C=O) groups is 1. The first-order chi connectivity index (χ1) is 18.2. The summed E-state index contributed by atoms with van der Waals surface area (Å²) >= 11 is 12.6. The number of hydrogen-bond acceptors (Lipinski definition) is 4. The van der Waals surface area contributed by atoms with Gasteiger partial charge in [-0.15, -0.1) is 0 Å². The molecular formula is C29H39Cl2N5O2. The van der Waals surface area contributed by atoms with Gasteiger partial charge in [0.15, 0.2) is 5.96 Å². The van der Waals surface area contributed by atoms with Crippen LogP contribution in [-0.4, -0.2) is 55.1 Å². The fourth-order valence-electron chi connectivity index (χ4n) is 5.62. The monoisotopic (exact) mass is 559 g/mol. The number of benzene rings is 2. The molecule has 0 radical (unpaired) electrons. The number of aliphatic imine (C=N–C) groups is 1. The van der Waals surface area contributed by atoms with Crippen LogP contribution in [0.5, 0.6) is 5.75 Å². The third kappa shape index (κ3) is 7.33. The van der Waals surface area contributed by atoms with E-state index in [0.717, 1.165) is 48.7 Å². The maximum Gasteiger partial charge on any atom is 0.218 e. The number of amides is 1. The largest absolute Gasteiger partial charge is 0.495 e. The molecule has 2 aliphatic rings. The Morgan fingerprint density at radius 1 is 1.13 bits per heavy atom. The summed E-state index contributed by atoms with van der Waals surface area (Å²) in [6, 6.07) is 12.3. The second-order valence-corrected chi connectivity index (χ2v) is 11.4. The van der Waals surface area contributed by atoms with Gasteiger partial charge in [0.2, 0.25) is 5.91 Å². The van der Waals surface area contributed by atoms with E-state index in [4.69, 9.17) is 38.7 Å². The Balaban J connectivity index is 1.67. The number of carbonyl (C=O) groups excluding carboxylic acids is 1. The van der Waals surface area contributed by atoms with Crippen LogP contribution in [0.1, 0.15) is 69.4 Å². The molecule has 4 rings (SSSR count). The van der Waals surface area contributed by atoms with E-state index in [1.54, 1.807) is 19.2 Å². The Hall–Kier alpha value is -2.48. The molecule has 1 aliphatic carbocycles. The van der Waals surface area contributed by atoms with Gasteiger partial charge in [0.05, 0.1) is 18.8 Å². The highest BCUT2D eigenvalue weighted by Gasteiger charge is 2.26. The predicted molar refractivity (Wildman–Crippen MR) is 157 cm³/mol. The van der Waals surface area contributed by atoms with Gasteiger partial charge in [-0.3, -0.25) is 4.79 Å². The topological polar surface area (TPSA) is 92.0 Å². The number of methoxy groups -OCH3 is 1. The van der Waals surface area contributed by atoms with Crippen LogP contribution in [0.4, 0.5) is 5.69 Å². The van der Waals surface area contributed by atoms with E-state index in [9.17, 15) is 4.79 Å². The first kappa shape index (κ1) is 28.5. The summed E-state index contributed by atoms with van der Waals surface area (Å²) in [6.45, 7) is 6.16. The zero-order valence-electron chi connectivity index (χ0n) is 22.5. The van der Waals surface area contributed by atoms with E-state index in [-0.39, 0.29) is 12.3 Å². The molecule has 1 saturated carbocycles. The highest BCUT2D eigenvalue weighted by molar-refractivity contribution is 6.35. The minimum atomic E-state index is -0.411. The molecule has 2 aromatic rings. The summed E-state index contributed by atoms with van der Waals surface area (Å²) in [5.74, 6) is 0.809. The van der Waals surface area contributed by atoms with E-state index < -0.39 is 5.91 Å². The molecule has 3 atom stereocenters. The Morgan fingerprint density at radius 3 is 2.47 bits per heavy atom. The lowest BCUT2D eigenvalue weighted by molar-refractivity contribution is -0.118. The molecule has 4 N–H and O–H groups in total. The van der Waals surface area contributed by atoms with Gasteiger partial charge in [-0.2, -0.15) is 0 Å². The van der Waals surface area contributed by atoms with Gasteiger partial charge < -0.3 is 26.0 Å². The maximum atomic E-state index is 12.0. The highest BCUT2D eigenvalue weighted by atomic mass is 35.5. The number of rotatable bonds is 7. The van der Waals surface area contributed by atoms with Crippen LogP contribution in [0.2, 0.25) is 10.0 Å². The van der Waals surface area contributed by atoms with Gasteiger partial charge >= 0.3 is 0 Å². The highest BCUT2D eigenvalue weighted by Crippen LogP contribution is 2.38. The van der Waals surface area contributed by atoms with Crippen molar-refractivity contribution in [1.29, 1.82) is 0 Å². The number of primary amides is 1. The van der Waals surface area contributed by atoms with Gasteiger partial charge in [-0.25, -0.2) is 4.99 Å². The lowest BCUT2D eigenvalue weighted by atomic mass is 9.88. The lowest BCUT2D eigenvalue weighted by Gasteiger charge is -2.38. The average Bonchev–Trinajstić information content (AvgIpc) is 2.87. The minimum absolute atomic E-state index is 0.113. The molecule has 0 spiro atoms. The van der Waals surface area contributed by atoms with Crippen LogP contribution >= 0.6 is 23.2 Å². The van der Waals surface area contributed by atoms with Crippen molar-refractivity contribution in [3.05, 3.63) is 57.6 Å². The number of hydrogen-bond donors (Lipinski definition) is 3. The van der Waals surface area contributed by atoms with Crippen molar-refractivity contribution in [2.45, 2.75) is 76.4 Å². The van der Waals surface area contributed by atoms with Crippen LogP contribution in [0.15, 0.2) is 41.4 Å². The second kappa shape index (κ2) is 13.0. The summed E-state index contributed by atoms with van der Waals surface area (Å²) < 4.78 is 5.83. The number of anilines is 1. The van der Waals surface area contributed by atoms with Crippen LogP contribution < -0.4 is 21.1 Å². The molecule has 9 heteroatoms. The SMILES string of the molecule is COc1cc(C(CC(N)=O)c2ccc(Cl)cc2Cl)ccc1NC(=NC1CCCCC1)N1CC(C)NC(C)C1. The van der Waals surface area contributed by atoms with Gasteiger partial charge in [0.1, 0.15) is 5.75 Å². The summed E-state index contributed by atoms with van der Waals surface area (Å²) in [7, 11) is 1.65. The van der Waals surface area contributed by atoms with Crippen molar-refractivity contribution in [3.8, 4) is 5.75 Å². The normalized spacial score (nSPS) is 21.7. The number of halogens is 2. The summed E-state index contributed by atoms with van der Waals surface area (Å²) in [5, 5.41) is 8.25. The van der Waals surface area contributed by atoms with E-state index in [1.165, 1.54) is 19.3 Å².